The predicted octanol–water partition coefficient (Wildman–Crippen LogP) is 4.24. The molecule has 6 heteroatoms. The molecule has 1 N–H and O–H groups in total. The van der Waals surface area contributed by atoms with Crippen LogP contribution >= 0.6 is 0 Å². The summed E-state index contributed by atoms with van der Waals surface area (Å²) in [7, 11) is 0. The smallest absolute Gasteiger partial charge is 0.257 e. The lowest BCUT2D eigenvalue weighted by Crippen LogP contribution is -2.16. The van der Waals surface area contributed by atoms with Crippen LogP contribution in [-0.2, 0) is 4.79 Å². The first-order chi connectivity index (χ1) is 13.5. The Morgan fingerprint density at radius 2 is 1.89 bits per heavy atom. The normalized spacial score (nSPS) is 13.8. The zero-order valence-corrected chi connectivity index (χ0v) is 16.3. The highest BCUT2D eigenvalue weighted by molar-refractivity contribution is 6.06. The van der Waals surface area contributed by atoms with E-state index in [0.717, 1.165) is 22.4 Å². The topological polar surface area (TPSA) is 73.3 Å². The number of aromatic nitrogens is 2. The van der Waals surface area contributed by atoms with Crippen LogP contribution in [0.15, 0.2) is 60.5 Å². The molecule has 2 aromatic rings. The summed E-state index contributed by atoms with van der Waals surface area (Å²) in [6, 6.07) is 3.84. The Labute approximate surface area is 164 Å². The molecule has 2 heterocycles. The van der Waals surface area contributed by atoms with Crippen molar-refractivity contribution in [3.8, 4) is 22.8 Å². The maximum absolute atomic E-state index is 12.5. The molecule has 0 spiro atoms. The van der Waals surface area contributed by atoms with Gasteiger partial charge in [0.05, 0.1) is 18.1 Å². The van der Waals surface area contributed by atoms with Crippen molar-refractivity contribution in [2.45, 2.75) is 20.8 Å². The van der Waals surface area contributed by atoms with Crippen LogP contribution in [0.1, 0.15) is 19.4 Å². The quantitative estimate of drug-likeness (QED) is 0.623. The number of aryl methyl sites for hydroxylation is 1. The van der Waals surface area contributed by atoms with Crippen LogP contribution in [0.3, 0.4) is 0 Å². The molecule has 1 aromatic carbocycles. The molecule has 0 saturated heterocycles. The average Bonchev–Trinajstić information content (AvgIpc) is 2.69. The van der Waals surface area contributed by atoms with Gasteiger partial charge < -0.3 is 14.8 Å². The van der Waals surface area contributed by atoms with Crippen LogP contribution in [0.5, 0.6) is 11.5 Å². The third-order valence-corrected chi connectivity index (χ3v) is 4.35. The zero-order chi connectivity index (χ0) is 20.1. The van der Waals surface area contributed by atoms with Gasteiger partial charge in [-0.05, 0) is 44.0 Å². The van der Waals surface area contributed by atoms with E-state index in [2.05, 4.69) is 21.9 Å². The lowest BCUT2D eigenvalue weighted by Gasteiger charge is -2.20. The molecular formula is C22H23N3O3. The Morgan fingerprint density at radius 3 is 2.50 bits per heavy atom. The van der Waals surface area contributed by atoms with Gasteiger partial charge >= 0.3 is 0 Å². The van der Waals surface area contributed by atoms with E-state index in [9.17, 15) is 4.79 Å². The van der Waals surface area contributed by atoms with Gasteiger partial charge in [0, 0.05) is 11.1 Å². The highest BCUT2D eigenvalue weighted by Crippen LogP contribution is 2.36. The van der Waals surface area contributed by atoms with Gasteiger partial charge in [0.2, 0.25) is 0 Å². The van der Waals surface area contributed by atoms with Crippen molar-refractivity contribution >= 4 is 11.7 Å². The number of hydrogen-bond acceptors (Lipinski definition) is 5. The van der Waals surface area contributed by atoms with E-state index in [1.165, 1.54) is 12.3 Å². The van der Waals surface area contributed by atoms with Gasteiger partial charge in [-0.2, -0.15) is 0 Å². The fourth-order valence-electron chi connectivity index (χ4n) is 2.95. The molecule has 0 fully saturated rings. The van der Waals surface area contributed by atoms with Crippen LogP contribution < -0.4 is 14.8 Å². The molecule has 0 bridgehead atoms. The molecule has 0 atom stereocenters. The van der Waals surface area contributed by atoms with Gasteiger partial charge in [-0.3, -0.25) is 9.78 Å². The second-order valence-corrected chi connectivity index (χ2v) is 6.35. The second-order valence-electron chi connectivity index (χ2n) is 6.35. The first-order valence-electron chi connectivity index (χ1n) is 9.03. The molecular weight excluding hydrogens is 354 g/mol. The van der Waals surface area contributed by atoms with Gasteiger partial charge in [-0.25, -0.2) is 4.98 Å². The number of allylic oxidation sites excluding steroid dienone is 3. The number of carbonyl (C=O) groups excluding carboxylic acids is 1. The number of ether oxygens (including phenoxy) is 2. The number of nitrogens with zero attached hydrogens (tertiary/aromatic N) is 2. The molecule has 1 aliphatic heterocycles. The lowest BCUT2D eigenvalue weighted by atomic mass is 10.0. The third-order valence-electron chi connectivity index (χ3n) is 4.35. The summed E-state index contributed by atoms with van der Waals surface area (Å²) in [4.78, 5) is 21.2. The van der Waals surface area contributed by atoms with Gasteiger partial charge in [0.15, 0.2) is 17.3 Å². The molecule has 144 valence electrons. The summed E-state index contributed by atoms with van der Waals surface area (Å²) >= 11 is 0. The fraction of sp³-hybridized carbons (Fsp3) is 0.227. The van der Waals surface area contributed by atoms with Crippen molar-refractivity contribution in [2.75, 3.05) is 18.5 Å². The Balaban J connectivity index is 1.82. The number of amides is 1. The minimum atomic E-state index is -0.275. The minimum Gasteiger partial charge on any atom is -0.486 e. The summed E-state index contributed by atoms with van der Waals surface area (Å²) < 4.78 is 11.2. The van der Waals surface area contributed by atoms with Crippen LogP contribution in [0, 0.1) is 6.92 Å². The molecule has 28 heavy (non-hydrogen) atoms. The Bertz CT molecular complexity index is 960. The third kappa shape index (κ3) is 4.11. The fourth-order valence-corrected chi connectivity index (χ4v) is 2.95. The lowest BCUT2D eigenvalue weighted by molar-refractivity contribution is -0.112. The summed E-state index contributed by atoms with van der Waals surface area (Å²) in [6.45, 7) is 10.5. The van der Waals surface area contributed by atoms with Crippen LogP contribution in [-0.4, -0.2) is 29.1 Å². The SMILES string of the molecule is C=C/C(C(=O)Nc1cnc(-c2cc3c(cc2C)OCCO3)cn1)=C(C)\C=C/C. The number of fused-ring (bicyclic) bond motifs is 1. The summed E-state index contributed by atoms with van der Waals surface area (Å²) in [5.74, 6) is 1.54. The van der Waals surface area contributed by atoms with Crippen molar-refractivity contribution in [3.63, 3.8) is 0 Å². The highest BCUT2D eigenvalue weighted by Gasteiger charge is 2.16. The number of hydrogen-bond donors (Lipinski definition) is 1. The maximum atomic E-state index is 12.5. The largest absolute Gasteiger partial charge is 0.486 e. The number of benzene rings is 1. The first kappa shape index (κ1) is 19.4. The van der Waals surface area contributed by atoms with Gasteiger partial charge in [0.25, 0.3) is 5.91 Å². The summed E-state index contributed by atoms with van der Waals surface area (Å²) in [5, 5.41) is 2.76. The number of nitrogens with one attached hydrogen (secondary N) is 1. The van der Waals surface area contributed by atoms with Crippen LogP contribution in [0.2, 0.25) is 0 Å². The zero-order valence-electron chi connectivity index (χ0n) is 16.3. The van der Waals surface area contributed by atoms with E-state index in [4.69, 9.17) is 9.47 Å². The van der Waals surface area contributed by atoms with E-state index in [0.29, 0.717) is 36.0 Å². The highest BCUT2D eigenvalue weighted by atomic mass is 16.6. The van der Waals surface area contributed by atoms with Crippen LogP contribution in [0.4, 0.5) is 5.82 Å². The molecule has 1 aromatic heterocycles. The van der Waals surface area contributed by atoms with Crippen molar-refractivity contribution in [2.24, 2.45) is 0 Å². The van der Waals surface area contributed by atoms with E-state index in [-0.39, 0.29) is 5.91 Å². The molecule has 1 aliphatic rings. The number of rotatable bonds is 5. The minimum absolute atomic E-state index is 0.275. The number of carbonyl (C=O) groups is 1. The van der Waals surface area contributed by atoms with Crippen LogP contribution in [0.25, 0.3) is 11.3 Å². The Hall–Kier alpha value is -3.41. The summed E-state index contributed by atoms with van der Waals surface area (Å²) in [5.41, 5.74) is 3.93. The van der Waals surface area contributed by atoms with Crippen molar-refractivity contribution in [3.05, 3.63) is 66.0 Å². The van der Waals surface area contributed by atoms with Gasteiger partial charge in [0.1, 0.15) is 13.2 Å². The average molecular weight is 377 g/mol. The van der Waals surface area contributed by atoms with Crippen molar-refractivity contribution in [1.82, 2.24) is 9.97 Å². The first-order valence-corrected chi connectivity index (χ1v) is 9.03. The monoisotopic (exact) mass is 377 g/mol. The molecule has 0 saturated carbocycles. The van der Waals surface area contributed by atoms with Gasteiger partial charge in [-0.15, -0.1) is 0 Å². The molecule has 6 nitrogen and oxygen atoms in total. The molecule has 0 radical (unpaired) electrons. The Morgan fingerprint density at radius 1 is 1.18 bits per heavy atom. The van der Waals surface area contributed by atoms with E-state index in [1.807, 2.05) is 45.1 Å². The second kappa shape index (κ2) is 8.52. The molecule has 0 aliphatic carbocycles. The maximum Gasteiger partial charge on any atom is 0.257 e. The molecule has 3 rings (SSSR count). The predicted molar refractivity (Wildman–Crippen MR) is 110 cm³/mol. The van der Waals surface area contributed by atoms with Crippen molar-refractivity contribution in [1.29, 1.82) is 0 Å². The number of anilines is 1. The van der Waals surface area contributed by atoms with Gasteiger partial charge in [-0.1, -0.05) is 24.8 Å². The molecule has 1 amide bonds. The standard InChI is InChI=1S/C22H23N3O3/c1-5-7-14(3)16(6-2)22(26)25-21-13-23-18(12-24-21)17-11-20-19(10-15(17)4)27-8-9-28-20/h5-7,10-13H,2,8-9H2,1,3-4H3,(H,24,25,26)/b7-5-,16-14+. The van der Waals surface area contributed by atoms with Crippen molar-refractivity contribution < 1.29 is 14.3 Å². The molecule has 0 unspecified atom stereocenters. The van der Waals surface area contributed by atoms with E-state index >= 15 is 0 Å². The van der Waals surface area contributed by atoms with E-state index < -0.39 is 0 Å². The summed E-state index contributed by atoms with van der Waals surface area (Å²) in [6.07, 6.45) is 8.43. The Kier molecular flexibility index (Phi) is 5.89. The van der Waals surface area contributed by atoms with E-state index in [1.54, 1.807) is 6.20 Å².